The zero-order valence-corrected chi connectivity index (χ0v) is 17.8. The maximum atomic E-state index is 13.4. The SMILES string of the molecule is CNC(=O)c1ccc(CN(C)C(=O)c2cc(C3CC3)nc3c2cnn3C(C)C)cc1. The lowest BCUT2D eigenvalue weighted by molar-refractivity contribution is 0.0786. The van der Waals surface area contributed by atoms with Crippen LogP contribution in [-0.4, -0.2) is 45.6 Å². The number of carbonyl (C=O) groups is 2. The van der Waals surface area contributed by atoms with Gasteiger partial charge >= 0.3 is 0 Å². The molecule has 1 aliphatic rings. The summed E-state index contributed by atoms with van der Waals surface area (Å²) in [4.78, 5) is 31.6. The molecule has 0 unspecified atom stereocenters. The molecule has 2 amide bonds. The molecule has 0 spiro atoms. The van der Waals surface area contributed by atoms with Gasteiger partial charge in [-0.15, -0.1) is 0 Å². The first kappa shape index (κ1) is 20.1. The Morgan fingerprint density at radius 2 is 1.93 bits per heavy atom. The van der Waals surface area contributed by atoms with Crippen LogP contribution in [0.4, 0.5) is 0 Å². The molecule has 0 saturated heterocycles. The van der Waals surface area contributed by atoms with Gasteiger partial charge in [-0.2, -0.15) is 5.10 Å². The Morgan fingerprint density at radius 3 is 2.53 bits per heavy atom. The summed E-state index contributed by atoms with van der Waals surface area (Å²) >= 11 is 0. The first-order chi connectivity index (χ1) is 14.4. The van der Waals surface area contributed by atoms with Gasteiger partial charge in [0.05, 0.1) is 17.1 Å². The molecule has 1 aliphatic carbocycles. The van der Waals surface area contributed by atoms with Crippen LogP contribution in [0.25, 0.3) is 11.0 Å². The number of fused-ring (bicyclic) bond motifs is 1. The molecule has 0 radical (unpaired) electrons. The number of benzene rings is 1. The topological polar surface area (TPSA) is 80.1 Å². The van der Waals surface area contributed by atoms with Gasteiger partial charge in [0.25, 0.3) is 11.8 Å². The molecule has 1 fully saturated rings. The number of nitrogens with zero attached hydrogens (tertiary/aromatic N) is 4. The van der Waals surface area contributed by atoms with Crippen LogP contribution in [-0.2, 0) is 6.54 Å². The van der Waals surface area contributed by atoms with E-state index in [4.69, 9.17) is 4.98 Å². The van der Waals surface area contributed by atoms with E-state index >= 15 is 0 Å². The van der Waals surface area contributed by atoms with E-state index in [9.17, 15) is 9.59 Å². The molecule has 2 heterocycles. The van der Waals surface area contributed by atoms with E-state index in [0.717, 1.165) is 35.1 Å². The number of hydrogen-bond acceptors (Lipinski definition) is 4. The van der Waals surface area contributed by atoms with Crippen LogP contribution in [0, 0.1) is 0 Å². The number of carbonyl (C=O) groups excluding carboxylic acids is 2. The molecule has 1 saturated carbocycles. The van der Waals surface area contributed by atoms with E-state index in [1.807, 2.05) is 22.9 Å². The van der Waals surface area contributed by atoms with E-state index in [2.05, 4.69) is 24.3 Å². The third kappa shape index (κ3) is 3.79. The Bertz CT molecular complexity index is 1100. The number of amides is 2. The van der Waals surface area contributed by atoms with Gasteiger partial charge in [0.2, 0.25) is 0 Å². The summed E-state index contributed by atoms with van der Waals surface area (Å²) in [5, 5.41) is 7.88. The van der Waals surface area contributed by atoms with Crippen molar-refractivity contribution in [2.24, 2.45) is 0 Å². The molecule has 1 aromatic carbocycles. The third-order valence-corrected chi connectivity index (χ3v) is 5.51. The van der Waals surface area contributed by atoms with Gasteiger partial charge in [0.1, 0.15) is 0 Å². The summed E-state index contributed by atoms with van der Waals surface area (Å²) in [6.45, 7) is 4.58. The molecule has 1 N–H and O–H groups in total. The second-order valence-corrected chi connectivity index (χ2v) is 8.23. The zero-order chi connectivity index (χ0) is 21.4. The van der Waals surface area contributed by atoms with Crippen LogP contribution >= 0.6 is 0 Å². The molecule has 0 aliphatic heterocycles. The van der Waals surface area contributed by atoms with Crippen molar-refractivity contribution in [2.75, 3.05) is 14.1 Å². The predicted octanol–water partition coefficient (Wildman–Crippen LogP) is 3.52. The fraction of sp³-hybridized carbons (Fsp3) is 0.391. The minimum atomic E-state index is -0.125. The van der Waals surface area contributed by atoms with E-state index in [1.54, 1.807) is 37.3 Å². The summed E-state index contributed by atoms with van der Waals surface area (Å²) in [6.07, 6.45) is 3.99. The lowest BCUT2D eigenvalue weighted by Gasteiger charge is -2.19. The molecule has 2 aromatic heterocycles. The zero-order valence-electron chi connectivity index (χ0n) is 17.8. The molecule has 30 heavy (non-hydrogen) atoms. The van der Waals surface area contributed by atoms with Crippen LogP contribution in [0.1, 0.15) is 70.6 Å². The largest absolute Gasteiger partial charge is 0.355 e. The molecule has 3 aromatic rings. The van der Waals surface area contributed by atoms with Gasteiger partial charge in [-0.05, 0) is 50.5 Å². The van der Waals surface area contributed by atoms with E-state index in [0.29, 0.717) is 23.6 Å². The van der Waals surface area contributed by atoms with Crippen molar-refractivity contribution in [3.63, 3.8) is 0 Å². The van der Waals surface area contributed by atoms with Crippen molar-refractivity contribution < 1.29 is 9.59 Å². The fourth-order valence-corrected chi connectivity index (χ4v) is 3.64. The number of pyridine rings is 1. The van der Waals surface area contributed by atoms with E-state index in [1.165, 1.54) is 0 Å². The number of nitrogens with one attached hydrogen (secondary N) is 1. The van der Waals surface area contributed by atoms with Crippen molar-refractivity contribution in [2.45, 2.75) is 45.2 Å². The van der Waals surface area contributed by atoms with Gasteiger partial charge in [0, 0.05) is 43.9 Å². The quantitative estimate of drug-likeness (QED) is 0.680. The van der Waals surface area contributed by atoms with Crippen molar-refractivity contribution >= 4 is 22.8 Å². The molecule has 156 valence electrons. The van der Waals surface area contributed by atoms with Gasteiger partial charge in [0.15, 0.2) is 5.65 Å². The molecular weight excluding hydrogens is 378 g/mol. The summed E-state index contributed by atoms with van der Waals surface area (Å²) < 4.78 is 1.88. The average molecular weight is 406 g/mol. The molecular formula is C23H27N5O2. The third-order valence-electron chi connectivity index (χ3n) is 5.51. The Hall–Kier alpha value is -3.22. The lowest BCUT2D eigenvalue weighted by atomic mass is 10.1. The summed E-state index contributed by atoms with van der Waals surface area (Å²) in [5.41, 5.74) is 3.97. The Labute approximate surface area is 176 Å². The summed E-state index contributed by atoms with van der Waals surface area (Å²) in [5.74, 6) is 0.266. The van der Waals surface area contributed by atoms with Crippen molar-refractivity contribution in [1.29, 1.82) is 0 Å². The Kier molecular flexibility index (Phi) is 5.28. The first-order valence-electron chi connectivity index (χ1n) is 10.3. The van der Waals surface area contributed by atoms with Crippen molar-refractivity contribution in [1.82, 2.24) is 25.0 Å². The Morgan fingerprint density at radius 1 is 1.23 bits per heavy atom. The molecule has 0 atom stereocenters. The van der Waals surface area contributed by atoms with Crippen LogP contribution in [0.15, 0.2) is 36.5 Å². The maximum Gasteiger partial charge on any atom is 0.254 e. The molecule has 4 rings (SSSR count). The second-order valence-electron chi connectivity index (χ2n) is 8.23. The van der Waals surface area contributed by atoms with Gasteiger partial charge in [-0.25, -0.2) is 9.67 Å². The highest BCUT2D eigenvalue weighted by molar-refractivity contribution is 6.05. The highest BCUT2D eigenvalue weighted by Gasteiger charge is 2.29. The number of aromatic nitrogens is 3. The van der Waals surface area contributed by atoms with Gasteiger partial charge in [-0.3, -0.25) is 9.59 Å². The average Bonchev–Trinajstić information content (AvgIpc) is 3.51. The highest BCUT2D eigenvalue weighted by atomic mass is 16.2. The first-order valence-corrected chi connectivity index (χ1v) is 10.3. The van der Waals surface area contributed by atoms with Crippen LogP contribution in [0.2, 0.25) is 0 Å². The fourth-order valence-electron chi connectivity index (χ4n) is 3.64. The summed E-state index contributed by atoms with van der Waals surface area (Å²) in [7, 11) is 3.40. The maximum absolute atomic E-state index is 13.4. The van der Waals surface area contributed by atoms with Gasteiger partial charge in [-0.1, -0.05) is 12.1 Å². The summed E-state index contributed by atoms with van der Waals surface area (Å²) in [6, 6.07) is 9.42. The van der Waals surface area contributed by atoms with Crippen LogP contribution in [0.5, 0.6) is 0 Å². The predicted molar refractivity (Wildman–Crippen MR) is 116 cm³/mol. The van der Waals surface area contributed by atoms with Crippen LogP contribution < -0.4 is 5.32 Å². The molecule has 0 bridgehead atoms. The Balaban J connectivity index is 1.62. The van der Waals surface area contributed by atoms with E-state index in [-0.39, 0.29) is 17.9 Å². The second kappa shape index (κ2) is 7.89. The monoisotopic (exact) mass is 405 g/mol. The minimum Gasteiger partial charge on any atom is -0.355 e. The van der Waals surface area contributed by atoms with Crippen molar-refractivity contribution in [3.05, 3.63) is 58.9 Å². The molecule has 7 nitrogen and oxygen atoms in total. The number of rotatable bonds is 6. The standard InChI is InChI=1S/C23H27N5O2/c1-14(2)28-21-19(12-25-28)18(11-20(26-21)16-9-10-16)23(30)27(4)13-15-5-7-17(8-6-15)22(29)24-3/h5-8,11-12,14,16H,9-10,13H2,1-4H3,(H,24,29). The van der Waals surface area contributed by atoms with Crippen molar-refractivity contribution in [3.8, 4) is 0 Å². The molecule has 7 heteroatoms. The van der Waals surface area contributed by atoms with Gasteiger partial charge < -0.3 is 10.2 Å². The van der Waals surface area contributed by atoms with E-state index < -0.39 is 0 Å². The normalized spacial score (nSPS) is 13.6. The smallest absolute Gasteiger partial charge is 0.254 e. The lowest BCUT2D eigenvalue weighted by Crippen LogP contribution is -2.26. The highest BCUT2D eigenvalue weighted by Crippen LogP contribution is 2.40. The minimum absolute atomic E-state index is 0.0528. The number of hydrogen-bond donors (Lipinski definition) is 1. The van der Waals surface area contributed by atoms with Crippen LogP contribution in [0.3, 0.4) is 0 Å².